The lowest BCUT2D eigenvalue weighted by atomic mass is 9.93. The predicted octanol–water partition coefficient (Wildman–Crippen LogP) is 1.32. The first-order chi connectivity index (χ1) is 7.27. The second-order valence-electron chi connectivity index (χ2n) is 3.95. The van der Waals surface area contributed by atoms with E-state index in [1.807, 2.05) is 0 Å². The molecule has 0 aliphatic rings. The number of aliphatic hydroxyl groups is 1. The molecule has 4 heteroatoms. The molecule has 16 heavy (non-hydrogen) atoms. The molecule has 1 aromatic rings. The SMILES string of the molecule is C#CC[C@@](C)(O)c1ccc(S(C)(=O)=O)cc1. The van der Waals surface area contributed by atoms with Crippen LogP contribution in [0.4, 0.5) is 0 Å². The Morgan fingerprint density at radius 3 is 2.25 bits per heavy atom. The van der Waals surface area contributed by atoms with Gasteiger partial charge >= 0.3 is 0 Å². The summed E-state index contributed by atoms with van der Waals surface area (Å²) in [5, 5.41) is 9.99. The van der Waals surface area contributed by atoms with E-state index in [1.165, 1.54) is 12.1 Å². The molecule has 0 bridgehead atoms. The number of terminal acetylenes is 1. The van der Waals surface area contributed by atoms with Crippen LogP contribution >= 0.6 is 0 Å². The minimum atomic E-state index is -3.20. The first kappa shape index (κ1) is 12.8. The summed E-state index contributed by atoms with van der Waals surface area (Å²) < 4.78 is 22.4. The summed E-state index contributed by atoms with van der Waals surface area (Å²) in [6.45, 7) is 1.60. The summed E-state index contributed by atoms with van der Waals surface area (Å²) in [6.07, 6.45) is 6.47. The summed E-state index contributed by atoms with van der Waals surface area (Å²) in [5.74, 6) is 2.38. The lowest BCUT2D eigenvalue weighted by Gasteiger charge is -2.21. The average Bonchev–Trinajstić information content (AvgIpc) is 2.16. The van der Waals surface area contributed by atoms with Crippen LogP contribution in [0.1, 0.15) is 18.9 Å². The molecule has 3 nitrogen and oxygen atoms in total. The van der Waals surface area contributed by atoms with E-state index in [4.69, 9.17) is 6.42 Å². The van der Waals surface area contributed by atoms with Crippen LogP contribution in [0, 0.1) is 12.3 Å². The topological polar surface area (TPSA) is 54.4 Å². The third-order valence-corrected chi connectivity index (χ3v) is 3.48. The molecule has 0 aromatic heterocycles. The zero-order chi connectivity index (χ0) is 12.4. The van der Waals surface area contributed by atoms with Crippen LogP contribution in [-0.2, 0) is 15.4 Å². The molecule has 0 saturated carbocycles. The van der Waals surface area contributed by atoms with E-state index in [1.54, 1.807) is 19.1 Å². The van der Waals surface area contributed by atoms with Gasteiger partial charge in [0.2, 0.25) is 0 Å². The van der Waals surface area contributed by atoms with E-state index in [9.17, 15) is 13.5 Å². The van der Waals surface area contributed by atoms with Crippen LogP contribution in [0.5, 0.6) is 0 Å². The monoisotopic (exact) mass is 238 g/mol. The van der Waals surface area contributed by atoms with Gasteiger partial charge in [-0.05, 0) is 24.6 Å². The van der Waals surface area contributed by atoms with Gasteiger partial charge in [-0.2, -0.15) is 0 Å². The van der Waals surface area contributed by atoms with E-state index in [0.717, 1.165) is 6.26 Å². The maximum absolute atomic E-state index is 11.2. The molecule has 0 amide bonds. The minimum absolute atomic E-state index is 0.186. The van der Waals surface area contributed by atoms with Crippen LogP contribution in [0.2, 0.25) is 0 Å². The Morgan fingerprint density at radius 1 is 1.38 bits per heavy atom. The molecular weight excluding hydrogens is 224 g/mol. The van der Waals surface area contributed by atoms with Crippen molar-refractivity contribution < 1.29 is 13.5 Å². The Kier molecular flexibility index (Phi) is 3.41. The summed E-state index contributed by atoms with van der Waals surface area (Å²) >= 11 is 0. The Hall–Kier alpha value is -1.31. The van der Waals surface area contributed by atoms with Crippen molar-refractivity contribution in [1.29, 1.82) is 0 Å². The lowest BCUT2D eigenvalue weighted by Crippen LogP contribution is -2.20. The molecule has 0 saturated heterocycles. The number of sulfone groups is 1. The van der Waals surface area contributed by atoms with Gasteiger partial charge in [0, 0.05) is 12.7 Å². The summed E-state index contributed by atoms with van der Waals surface area (Å²) in [5.41, 5.74) is -0.511. The van der Waals surface area contributed by atoms with E-state index < -0.39 is 15.4 Å². The second kappa shape index (κ2) is 4.28. The molecule has 0 spiro atoms. The van der Waals surface area contributed by atoms with Crippen molar-refractivity contribution in [1.82, 2.24) is 0 Å². The van der Waals surface area contributed by atoms with Crippen LogP contribution in [-0.4, -0.2) is 19.8 Å². The highest BCUT2D eigenvalue weighted by molar-refractivity contribution is 7.90. The number of hydrogen-bond donors (Lipinski definition) is 1. The largest absolute Gasteiger partial charge is 0.384 e. The van der Waals surface area contributed by atoms with Gasteiger partial charge in [0.1, 0.15) is 0 Å². The third-order valence-electron chi connectivity index (χ3n) is 2.35. The van der Waals surface area contributed by atoms with E-state index in [0.29, 0.717) is 5.56 Å². The standard InChI is InChI=1S/C12H14O3S/c1-4-9-12(2,13)10-5-7-11(8-6-10)16(3,14)15/h1,5-8,13H,9H2,2-3H3/t12-/m1/s1. The molecule has 86 valence electrons. The highest BCUT2D eigenvalue weighted by Gasteiger charge is 2.22. The smallest absolute Gasteiger partial charge is 0.175 e. The molecule has 0 aliphatic heterocycles. The van der Waals surface area contributed by atoms with Gasteiger partial charge in [-0.15, -0.1) is 12.3 Å². The van der Waals surface area contributed by atoms with Gasteiger partial charge in [0.05, 0.1) is 10.5 Å². The molecule has 1 rings (SSSR count). The highest BCUT2D eigenvalue weighted by Crippen LogP contribution is 2.24. The number of hydrogen-bond acceptors (Lipinski definition) is 3. The van der Waals surface area contributed by atoms with Crippen LogP contribution in [0.25, 0.3) is 0 Å². The zero-order valence-electron chi connectivity index (χ0n) is 9.27. The normalized spacial score (nSPS) is 15.1. The minimum Gasteiger partial charge on any atom is -0.384 e. The van der Waals surface area contributed by atoms with E-state index in [2.05, 4.69) is 5.92 Å². The second-order valence-corrected chi connectivity index (χ2v) is 5.97. The fourth-order valence-corrected chi connectivity index (χ4v) is 1.99. The third kappa shape index (κ3) is 2.84. The highest BCUT2D eigenvalue weighted by atomic mass is 32.2. The molecule has 0 heterocycles. The Labute approximate surface area is 96.0 Å². The van der Waals surface area contributed by atoms with Crippen molar-refractivity contribution in [2.45, 2.75) is 23.8 Å². The van der Waals surface area contributed by atoms with Gasteiger partial charge in [0.25, 0.3) is 0 Å². The van der Waals surface area contributed by atoms with Gasteiger partial charge < -0.3 is 5.11 Å². The van der Waals surface area contributed by atoms with Crippen molar-refractivity contribution in [3.8, 4) is 12.3 Å². The number of benzene rings is 1. The van der Waals surface area contributed by atoms with E-state index in [-0.39, 0.29) is 11.3 Å². The van der Waals surface area contributed by atoms with Crippen molar-refractivity contribution in [2.24, 2.45) is 0 Å². The van der Waals surface area contributed by atoms with Gasteiger partial charge in [-0.1, -0.05) is 12.1 Å². The summed E-state index contributed by atoms with van der Waals surface area (Å²) in [4.78, 5) is 0.229. The van der Waals surface area contributed by atoms with Crippen molar-refractivity contribution in [3.05, 3.63) is 29.8 Å². The zero-order valence-corrected chi connectivity index (χ0v) is 10.1. The summed E-state index contributed by atoms with van der Waals surface area (Å²) in [7, 11) is -3.20. The predicted molar refractivity (Wildman–Crippen MR) is 62.6 cm³/mol. The molecule has 0 radical (unpaired) electrons. The van der Waals surface area contributed by atoms with Crippen molar-refractivity contribution in [3.63, 3.8) is 0 Å². The van der Waals surface area contributed by atoms with Crippen molar-refractivity contribution >= 4 is 9.84 Å². The average molecular weight is 238 g/mol. The molecule has 1 aromatic carbocycles. The van der Waals surface area contributed by atoms with Crippen LogP contribution in [0.3, 0.4) is 0 Å². The van der Waals surface area contributed by atoms with Gasteiger partial charge in [0.15, 0.2) is 9.84 Å². The fraction of sp³-hybridized carbons (Fsp3) is 0.333. The molecular formula is C12H14O3S. The Bertz CT molecular complexity index is 504. The maximum Gasteiger partial charge on any atom is 0.175 e. The number of rotatable bonds is 3. The molecule has 0 fully saturated rings. The van der Waals surface area contributed by atoms with Crippen LogP contribution in [0.15, 0.2) is 29.2 Å². The summed E-state index contributed by atoms with van der Waals surface area (Å²) in [6, 6.07) is 6.09. The first-order valence-corrected chi connectivity index (χ1v) is 6.63. The van der Waals surface area contributed by atoms with Gasteiger partial charge in [-0.3, -0.25) is 0 Å². The quantitative estimate of drug-likeness (QED) is 0.808. The van der Waals surface area contributed by atoms with Crippen molar-refractivity contribution in [2.75, 3.05) is 6.26 Å². The fourth-order valence-electron chi connectivity index (χ4n) is 1.36. The maximum atomic E-state index is 11.2. The first-order valence-electron chi connectivity index (χ1n) is 4.74. The van der Waals surface area contributed by atoms with E-state index >= 15 is 0 Å². The van der Waals surface area contributed by atoms with Gasteiger partial charge in [-0.25, -0.2) is 8.42 Å². The molecule has 1 atom stereocenters. The lowest BCUT2D eigenvalue weighted by molar-refractivity contribution is 0.0629. The molecule has 1 N–H and O–H groups in total. The Morgan fingerprint density at radius 2 is 1.88 bits per heavy atom. The molecule has 0 unspecified atom stereocenters. The van der Waals surface area contributed by atoms with Crippen LogP contribution < -0.4 is 0 Å². The molecule has 0 aliphatic carbocycles. The Balaban J connectivity index is 3.10.